The molecule has 19 heavy (non-hydrogen) atoms. The second-order valence-corrected chi connectivity index (χ2v) is 4.78. The first kappa shape index (κ1) is 18.2. The van der Waals surface area contributed by atoms with Gasteiger partial charge >= 0.3 is 0 Å². The first-order valence-corrected chi connectivity index (χ1v) is 6.06. The molecule has 2 rings (SSSR count). The molecule has 1 aromatic heterocycles. The van der Waals surface area contributed by atoms with Crippen LogP contribution in [-0.4, -0.2) is 34.9 Å². The molecule has 1 aliphatic rings. The fourth-order valence-electron chi connectivity index (χ4n) is 2.46. The van der Waals surface area contributed by atoms with E-state index >= 15 is 0 Å². The zero-order valence-corrected chi connectivity index (χ0v) is 12.8. The maximum absolute atomic E-state index is 12.4. The molecule has 2 atom stereocenters. The number of amides is 1. The summed E-state index contributed by atoms with van der Waals surface area (Å²) in [6, 6.07) is 3.92. The predicted molar refractivity (Wildman–Crippen MR) is 81.1 cm³/mol. The number of halogens is 2. The number of likely N-dealkylation sites (tertiary alicyclic amines) is 1. The molecule has 108 valence electrons. The molecule has 2 unspecified atom stereocenters. The smallest absolute Gasteiger partial charge is 0.255 e. The van der Waals surface area contributed by atoms with Gasteiger partial charge in [-0.15, -0.1) is 24.8 Å². The Hall–Kier alpha value is -0.840. The van der Waals surface area contributed by atoms with Crippen molar-refractivity contribution < 1.29 is 4.79 Å². The summed E-state index contributed by atoms with van der Waals surface area (Å²) in [6.07, 6.45) is 2.71. The van der Waals surface area contributed by atoms with Crippen LogP contribution in [-0.2, 0) is 0 Å². The fraction of sp³-hybridized carbons (Fsp3) is 0.538. The molecule has 4 nitrogen and oxygen atoms in total. The lowest BCUT2D eigenvalue weighted by Crippen LogP contribution is -2.35. The highest BCUT2D eigenvalue weighted by Crippen LogP contribution is 2.24. The third-order valence-electron chi connectivity index (χ3n) is 3.49. The first-order valence-electron chi connectivity index (χ1n) is 6.06. The molecule has 0 aliphatic carbocycles. The number of carbonyl (C=O) groups excluding carboxylic acids is 1. The summed E-state index contributed by atoms with van der Waals surface area (Å²) in [5, 5.41) is 0. The third kappa shape index (κ3) is 3.81. The van der Waals surface area contributed by atoms with Crippen LogP contribution < -0.4 is 5.73 Å². The molecule has 1 aromatic rings. The van der Waals surface area contributed by atoms with Crippen molar-refractivity contribution >= 4 is 30.7 Å². The minimum absolute atomic E-state index is 0. The number of nitrogens with zero attached hydrogens (tertiary/aromatic N) is 2. The molecule has 0 spiro atoms. The van der Waals surface area contributed by atoms with Gasteiger partial charge in [0, 0.05) is 24.5 Å². The van der Waals surface area contributed by atoms with Crippen molar-refractivity contribution in [2.45, 2.75) is 26.3 Å². The van der Waals surface area contributed by atoms with Crippen molar-refractivity contribution in [3.05, 3.63) is 29.6 Å². The van der Waals surface area contributed by atoms with E-state index in [1.165, 1.54) is 0 Å². The van der Waals surface area contributed by atoms with Gasteiger partial charge < -0.3 is 10.6 Å². The minimum atomic E-state index is 0. The van der Waals surface area contributed by atoms with Crippen LogP contribution in [0.25, 0.3) is 0 Å². The summed E-state index contributed by atoms with van der Waals surface area (Å²) >= 11 is 0. The van der Waals surface area contributed by atoms with Crippen molar-refractivity contribution in [3.63, 3.8) is 0 Å². The van der Waals surface area contributed by atoms with Crippen LogP contribution >= 0.6 is 24.8 Å². The summed E-state index contributed by atoms with van der Waals surface area (Å²) in [6.45, 7) is 5.37. The van der Waals surface area contributed by atoms with E-state index < -0.39 is 0 Å². The second kappa shape index (κ2) is 7.68. The van der Waals surface area contributed by atoms with Crippen LogP contribution in [0.2, 0.25) is 0 Å². The van der Waals surface area contributed by atoms with Gasteiger partial charge in [0.1, 0.15) is 0 Å². The summed E-state index contributed by atoms with van der Waals surface area (Å²) in [7, 11) is 0. The molecule has 2 heterocycles. The average Bonchev–Trinajstić information content (AvgIpc) is 2.70. The van der Waals surface area contributed by atoms with Gasteiger partial charge in [0.05, 0.1) is 5.56 Å². The van der Waals surface area contributed by atoms with Crippen molar-refractivity contribution in [2.75, 3.05) is 13.1 Å². The Labute approximate surface area is 126 Å². The van der Waals surface area contributed by atoms with Gasteiger partial charge in [-0.1, -0.05) is 0 Å². The third-order valence-corrected chi connectivity index (χ3v) is 3.49. The minimum Gasteiger partial charge on any atom is -0.336 e. The van der Waals surface area contributed by atoms with Crippen molar-refractivity contribution in [1.29, 1.82) is 0 Å². The molecule has 0 radical (unpaired) electrons. The zero-order chi connectivity index (χ0) is 12.4. The van der Waals surface area contributed by atoms with Crippen LogP contribution in [0, 0.1) is 12.8 Å². The summed E-state index contributed by atoms with van der Waals surface area (Å²) in [5.41, 5.74) is 7.17. The normalized spacial score (nSPS) is 21.5. The van der Waals surface area contributed by atoms with Gasteiger partial charge in [0.15, 0.2) is 0 Å². The Bertz CT molecular complexity index is 428. The van der Waals surface area contributed by atoms with Gasteiger partial charge in [0.2, 0.25) is 0 Å². The predicted octanol–water partition coefficient (Wildman–Crippen LogP) is 2.04. The summed E-state index contributed by atoms with van der Waals surface area (Å²) in [5.74, 6) is 0.518. The van der Waals surface area contributed by atoms with Crippen LogP contribution in [0.1, 0.15) is 29.4 Å². The molecule has 0 saturated carbocycles. The highest BCUT2D eigenvalue weighted by Gasteiger charge is 2.32. The van der Waals surface area contributed by atoms with Gasteiger partial charge in [0.25, 0.3) is 5.91 Å². The molecule has 6 heteroatoms. The standard InChI is InChI=1S/C13H19N3O.2ClH/c1-9-6-11(7-14)8-16(9)13(17)12-4-3-5-15-10(12)2;;/h3-5,9,11H,6-8,14H2,1-2H3;2*1H. The number of nitrogens with two attached hydrogens (primary N) is 1. The Morgan fingerprint density at radius 2 is 2.21 bits per heavy atom. The number of carbonyl (C=O) groups is 1. The van der Waals surface area contributed by atoms with E-state index in [1.807, 2.05) is 17.9 Å². The molecule has 0 aromatic carbocycles. The Kier molecular flexibility index (Phi) is 7.34. The number of pyridine rings is 1. The Morgan fingerprint density at radius 1 is 1.53 bits per heavy atom. The highest BCUT2D eigenvalue weighted by atomic mass is 35.5. The monoisotopic (exact) mass is 305 g/mol. The molecule has 0 bridgehead atoms. The summed E-state index contributed by atoms with van der Waals surface area (Å²) in [4.78, 5) is 18.5. The van der Waals surface area contributed by atoms with Crippen molar-refractivity contribution in [2.24, 2.45) is 11.7 Å². The number of aryl methyl sites for hydroxylation is 1. The molecule has 1 aliphatic heterocycles. The SMILES string of the molecule is Cc1ncccc1C(=O)N1CC(CN)CC1C.Cl.Cl. The summed E-state index contributed by atoms with van der Waals surface area (Å²) < 4.78 is 0. The largest absolute Gasteiger partial charge is 0.336 e. The van der Waals surface area contributed by atoms with E-state index in [0.29, 0.717) is 18.0 Å². The molecule has 1 amide bonds. The zero-order valence-electron chi connectivity index (χ0n) is 11.2. The van der Waals surface area contributed by atoms with Crippen molar-refractivity contribution in [3.8, 4) is 0 Å². The lowest BCUT2D eigenvalue weighted by atomic mass is 10.1. The van der Waals surface area contributed by atoms with E-state index in [2.05, 4.69) is 11.9 Å². The van der Waals surface area contributed by atoms with Crippen LogP contribution in [0.15, 0.2) is 18.3 Å². The molecular formula is C13H21Cl2N3O. The number of rotatable bonds is 2. The van der Waals surface area contributed by atoms with Gasteiger partial charge in [-0.05, 0) is 44.9 Å². The van der Waals surface area contributed by atoms with Crippen LogP contribution in [0.5, 0.6) is 0 Å². The van der Waals surface area contributed by atoms with Gasteiger partial charge in [-0.25, -0.2) is 0 Å². The van der Waals surface area contributed by atoms with Gasteiger partial charge in [-0.2, -0.15) is 0 Å². The maximum atomic E-state index is 12.4. The van der Waals surface area contributed by atoms with Crippen LogP contribution in [0.4, 0.5) is 0 Å². The second-order valence-electron chi connectivity index (χ2n) is 4.78. The van der Waals surface area contributed by atoms with E-state index in [-0.39, 0.29) is 36.8 Å². The van der Waals surface area contributed by atoms with E-state index in [4.69, 9.17) is 5.73 Å². The molecule has 1 saturated heterocycles. The van der Waals surface area contributed by atoms with E-state index in [1.54, 1.807) is 12.3 Å². The fourth-order valence-corrected chi connectivity index (χ4v) is 2.46. The number of aromatic nitrogens is 1. The van der Waals surface area contributed by atoms with Crippen LogP contribution in [0.3, 0.4) is 0 Å². The Morgan fingerprint density at radius 3 is 2.74 bits per heavy atom. The average molecular weight is 306 g/mol. The lowest BCUT2D eigenvalue weighted by Gasteiger charge is -2.22. The van der Waals surface area contributed by atoms with E-state index in [9.17, 15) is 4.79 Å². The quantitative estimate of drug-likeness (QED) is 0.909. The van der Waals surface area contributed by atoms with E-state index in [0.717, 1.165) is 18.7 Å². The number of hydrogen-bond acceptors (Lipinski definition) is 3. The molecule has 2 N–H and O–H groups in total. The lowest BCUT2D eigenvalue weighted by molar-refractivity contribution is 0.0742. The molecule has 1 fully saturated rings. The topological polar surface area (TPSA) is 59.2 Å². The van der Waals surface area contributed by atoms with Gasteiger partial charge in [-0.3, -0.25) is 9.78 Å². The number of hydrogen-bond donors (Lipinski definition) is 1. The van der Waals surface area contributed by atoms with Crippen molar-refractivity contribution in [1.82, 2.24) is 9.88 Å². The first-order chi connectivity index (χ1) is 8.13. The highest BCUT2D eigenvalue weighted by molar-refractivity contribution is 5.95. The Balaban J connectivity index is 0.00000162. The molecular weight excluding hydrogens is 285 g/mol. The maximum Gasteiger partial charge on any atom is 0.255 e.